The van der Waals surface area contributed by atoms with Crippen molar-refractivity contribution in [1.82, 2.24) is 0 Å². The number of rotatable bonds is 7. The van der Waals surface area contributed by atoms with Crippen LogP contribution in [0.3, 0.4) is 0 Å². The van der Waals surface area contributed by atoms with Gasteiger partial charge in [-0.15, -0.1) is 0 Å². The molecule has 2 heteroatoms. The highest BCUT2D eigenvalue weighted by molar-refractivity contribution is 6.30. The van der Waals surface area contributed by atoms with E-state index in [0.29, 0.717) is 0 Å². The van der Waals surface area contributed by atoms with Crippen molar-refractivity contribution in [2.45, 2.75) is 25.7 Å². The third-order valence-electron chi connectivity index (χ3n) is 3.43. The second-order valence-corrected chi connectivity index (χ2v) is 5.45. The first-order valence-electron chi connectivity index (χ1n) is 7.33. The van der Waals surface area contributed by atoms with Crippen molar-refractivity contribution in [2.75, 3.05) is 7.11 Å². The monoisotopic (exact) mass is 300 g/mol. The lowest BCUT2D eigenvalue weighted by molar-refractivity contribution is 0.409. The molecule has 0 saturated carbocycles. The van der Waals surface area contributed by atoms with Crippen molar-refractivity contribution < 1.29 is 4.74 Å². The lowest BCUT2D eigenvalue weighted by Crippen LogP contribution is -1.92. The summed E-state index contributed by atoms with van der Waals surface area (Å²) >= 11 is 5.97. The fourth-order valence-corrected chi connectivity index (χ4v) is 2.45. The van der Waals surface area contributed by atoms with Crippen molar-refractivity contribution in [3.63, 3.8) is 0 Å². The van der Waals surface area contributed by atoms with Crippen LogP contribution in [-0.4, -0.2) is 7.11 Å². The Labute approximate surface area is 132 Å². The smallest absolute Gasteiger partial charge is 0.123 e. The average Bonchev–Trinajstić information content (AvgIpc) is 2.52. The van der Waals surface area contributed by atoms with E-state index in [1.54, 1.807) is 7.11 Å². The highest BCUT2D eigenvalue weighted by Gasteiger charge is 2.03. The van der Waals surface area contributed by atoms with E-state index in [1.807, 2.05) is 18.2 Å². The number of hydrogen-bond donors (Lipinski definition) is 0. The summed E-state index contributed by atoms with van der Waals surface area (Å²) in [7, 11) is 1.69. The second kappa shape index (κ2) is 8.53. The van der Waals surface area contributed by atoms with E-state index in [9.17, 15) is 0 Å². The molecule has 0 aromatic heterocycles. The average molecular weight is 301 g/mol. The first-order valence-corrected chi connectivity index (χ1v) is 7.71. The van der Waals surface area contributed by atoms with Crippen molar-refractivity contribution >= 4 is 17.7 Å². The summed E-state index contributed by atoms with van der Waals surface area (Å²) in [5.74, 6) is 0.891. The summed E-state index contributed by atoms with van der Waals surface area (Å²) in [5, 5.41) is 0.724. The van der Waals surface area contributed by atoms with Gasteiger partial charge in [-0.25, -0.2) is 0 Å². The number of allylic oxidation sites excluding steroid dienone is 1. The molecule has 0 fully saturated rings. The summed E-state index contributed by atoms with van der Waals surface area (Å²) in [6, 6.07) is 16.3. The Bertz CT molecular complexity index is 575. The zero-order valence-corrected chi connectivity index (χ0v) is 13.1. The summed E-state index contributed by atoms with van der Waals surface area (Å²) in [6.07, 6.45) is 8.88. The summed E-state index contributed by atoms with van der Waals surface area (Å²) in [6.45, 7) is 0. The van der Waals surface area contributed by atoms with Crippen molar-refractivity contribution in [3.05, 3.63) is 70.8 Å². The first-order chi connectivity index (χ1) is 10.3. The number of halogens is 1. The zero-order chi connectivity index (χ0) is 14.9. The van der Waals surface area contributed by atoms with Crippen LogP contribution in [0.15, 0.2) is 54.6 Å². The third-order valence-corrected chi connectivity index (χ3v) is 3.66. The molecule has 0 spiro atoms. The van der Waals surface area contributed by atoms with Crippen molar-refractivity contribution in [2.24, 2.45) is 0 Å². The van der Waals surface area contributed by atoms with E-state index in [0.717, 1.165) is 30.0 Å². The molecule has 0 aliphatic rings. The van der Waals surface area contributed by atoms with E-state index < -0.39 is 0 Å². The van der Waals surface area contributed by atoms with Gasteiger partial charge in [0.15, 0.2) is 0 Å². The number of benzene rings is 2. The molecule has 0 atom stereocenters. The maximum atomic E-state index is 5.97. The maximum absolute atomic E-state index is 5.97. The van der Waals surface area contributed by atoms with Gasteiger partial charge in [0.1, 0.15) is 5.75 Å². The first kappa shape index (κ1) is 15.7. The number of aryl methyl sites for hydroxylation is 1. The summed E-state index contributed by atoms with van der Waals surface area (Å²) in [5.41, 5.74) is 2.49. The Morgan fingerprint density at radius 3 is 2.62 bits per heavy atom. The molecule has 0 bridgehead atoms. The molecule has 0 saturated heterocycles. The van der Waals surface area contributed by atoms with E-state index in [-0.39, 0.29) is 0 Å². The molecule has 21 heavy (non-hydrogen) atoms. The normalized spacial score (nSPS) is 11.0. The van der Waals surface area contributed by atoms with Gasteiger partial charge in [-0.1, -0.05) is 60.2 Å². The Morgan fingerprint density at radius 1 is 1.05 bits per heavy atom. The molecule has 0 aliphatic carbocycles. The predicted molar refractivity (Wildman–Crippen MR) is 91.0 cm³/mol. The van der Waals surface area contributed by atoms with Crippen LogP contribution in [0.2, 0.25) is 5.02 Å². The van der Waals surface area contributed by atoms with E-state index in [2.05, 4.69) is 42.5 Å². The lowest BCUT2D eigenvalue weighted by atomic mass is 10.1. The predicted octanol–water partition coefficient (Wildman–Crippen LogP) is 5.77. The quantitative estimate of drug-likeness (QED) is 0.589. The molecule has 0 heterocycles. The van der Waals surface area contributed by atoms with Gasteiger partial charge in [-0.05, 0) is 48.9 Å². The Balaban J connectivity index is 1.74. The highest BCUT2D eigenvalue weighted by atomic mass is 35.5. The molecule has 2 aromatic carbocycles. The van der Waals surface area contributed by atoms with Gasteiger partial charge in [0.05, 0.1) is 7.11 Å². The zero-order valence-electron chi connectivity index (χ0n) is 12.4. The Hall–Kier alpha value is -1.73. The lowest BCUT2D eigenvalue weighted by Gasteiger charge is -2.08. The largest absolute Gasteiger partial charge is 0.496 e. The minimum absolute atomic E-state index is 0.724. The molecule has 2 rings (SSSR count). The molecule has 0 unspecified atom stereocenters. The van der Waals surface area contributed by atoms with Gasteiger partial charge in [0.2, 0.25) is 0 Å². The number of hydrogen-bond acceptors (Lipinski definition) is 1. The molecule has 0 aliphatic heterocycles. The van der Waals surface area contributed by atoms with Gasteiger partial charge in [0, 0.05) is 5.02 Å². The fraction of sp³-hybridized carbons (Fsp3) is 0.263. The minimum atomic E-state index is 0.724. The summed E-state index contributed by atoms with van der Waals surface area (Å²) in [4.78, 5) is 0. The number of unbranched alkanes of at least 4 members (excludes halogenated alkanes) is 2. The van der Waals surface area contributed by atoms with E-state index in [1.165, 1.54) is 17.5 Å². The minimum Gasteiger partial charge on any atom is -0.496 e. The molecule has 0 radical (unpaired) electrons. The standard InChI is InChI=1S/C19H21ClO/c1-21-19-15-18(20)14-13-17(19)12-8-3-2-5-9-16-10-6-4-7-11-16/h4-7,9-11,13-15H,2-3,8,12H2,1H3. The van der Waals surface area contributed by atoms with Crippen LogP contribution >= 0.6 is 11.6 Å². The van der Waals surface area contributed by atoms with Gasteiger partial charge in [0.25, 0.3) is 0 Å². The SMILES string of the molecule is COc1cc(Cl)ccc1CCCCC=Cc1ccccc1. The van der Waals surface area contributed by atoms with E-state index >= 15 is 0 Å². The molecular weight excluding hydrogens is 280 g/mol. The Morgan fingerprint density at radius 2 is 1.86 bits per heavy atom. The van der Waals surface area contributed by atoms with Crippen molar-refractivity contribution in [1.29, 1.82) is 0 Å². The van der Waals surface area contributed by atoms with E-state index in [4.69, 9.17) is 16.3 Å². The molecule has 0 N–H and O–H groups in total. The van der Waals surface area contributed by atoms with Gasteiger partial charge in [-0.3, -0.25) is 0 Å². The van der Waals surface area contributed by atoms with Gasteiger partial charge >= 0.3 is 0 Å². The van der Waals surface area contributed by atoms with Crippen LogP contribution in [0.1, 0.15) is 30.4 Å². The number of ether oxygens (including phenoxy) is 1. The molecule has 2 aromatic rings. The highest BCUT2D eigenvalue weighted by Crippen LogP contribution is 2.24. The van der Waals surface area contributed by atoms with Crippen LogP contribution in [0.25, 0.3) is 6.08 Å². The van der Waals surface area contributed by atoms with Gasteiger partial charge < -0.3 is 4.74 Å². The van der Waals surface area contributed by atoms with Crippen LogP contribution in [0.5, 0.6) is 5.75 Å². The molecular formula is C19H21ClO. The topological polar surface area (TPSA) is 9.23 Å². The molecule has 1 nitrogen and oxygen atoms in total. The second-order valence-electron chi connectivity index (χ2n) is 5.02. The Kier molecular flexibility index (Phi) is 6.36. The number of methoxy groups -OCH3 is 1. The molecule has 0 amide bonds. The van der Waals surface area contributed by atoms with Crippen LogP contribution in [-0.2, 0) is 6.42 Å². The van der Waals surface area contributed by atoms with Crippen LogP contribution in [0, 0.1) is 0 Å². The molecule has 110 valence electrons. The van der Waals surface area contributed by atoms with Crippen molar-refractivity contribution in [3.8, 4) is 5.75 Å². The van der Waals surface area contributed by atoms with Gasteiger partial charge in [-0.2, -0.15) is 0 Å². The van der Waals surface area contributed by atoms with Crippen LogP contribution < -0.4 is 4.74 Å². The fourth-order valence-electron chi connectivity index (χ4n) is 2.29. The third kappa shape index (κ3) is 5.28. The maximum Gasteiger partial charge on any atom is 0.123 e. The van der Waals surface area contributed by atoms with Crippen LogP contribution in [0.4, 0.5) is 0 Å². The summed E-state index contributed by atoms with van der Waals surface area (Å²) < 4.78 is 5.36.